The lowest BCUT2D eigenvalue weighted by Crippen LogP contribution is -2.60. The number of nitrogens with zero attached hydrogens (tertiary/aromatic N) is 3. The zero-order valence-electron chi connectivity index (χ0n) is 33.5. The number of carbonyl (C=O) groups is 4. The highest BCUT2D eigenvalue weighted by molar-refractivity contribution is 7.91. The number of halogens is 3. The van der Waals surface area contributed by atoms with Gasteiger partial charge in [-0.1, -0.05) is 40.5 Å². The van der Waals surface area contributed by atoms with E-state index in [4.69, 9.17) is 14.5 Å². The third-order valence-corrected chi connectivity index (χ3v) is 15.0. The summed E-state index contributed by atoms with van der Waals surface area (Å²) >= 11 is 0. The van der Waals surface area contributed by atoms with Crippen LogP contribution < -0.4 is 20.1 Å². The minimum atomic E-state index is -4.25. The van der Waals surface area contributed by atoms with Crippen molar-refractivity contribution in [1.29, 1.82) is 0 Å². The number of benzene rings is 1. The van der Waals surface area contributed by atoms with Crippen LogP contribution in [0.1, 0.15) is 105 Å². The Bertz CT molecular complexity index is 2080. The monoisotopic (exact) mass is 834 g/mol. The van der Waals surface area contributed by atoms with E-state index in [0.29, 0.717) is 36.4 Å². The van der Waals surface area contributed by atoms with Gasteiger partial charge in [-0.3, -0.25) is 19.1 Å². The van der Waals surface area contributed by atoms with Crippen molar-refractivity contribution in [3.8, 4) is 5.88 Å². The van der Waals surface area contributed by atoms with E-state index in [9.17, 15) is 40.8 Å². The number of rotatable bonds is 6. The molecule has 3 heterocycles. The van der Waals surface area contributed by atoms with Crippen molar-refractivity contribution in [2.75, 3.05) is 6.54 Å². The van der Waals surface area contributed by atoms with Crippen LogP contribution in [0.25, 0.3) is 11.0 Å². The first-order valence-electron chi connectivity index (χ1n) is 20.3. The van der Waals surface area contributed by atoms with Gasteiger partial charge in [-0.2, -0.15) is 0 Å². The number of hydrogen-bond donors (Lipinski definition) is 3. The number of carbonyl (C=O) groups excluding carboxylic acids is 4. The molecule has 1 saturated heterocycles. The van der Waals surface area contributed by atoms with Gasteiger partial charge >= 0.3 is 6.09 Å². The van der Waals surface area contributed by atoms with E-state index in [2.05, 4.69) is 22.5 Å². The Labute approximate surface area is 336 Å². The summed E-state index contributed by atoms with van der Waals surface area (Å²) in [5, 5.41) is 5.19. The topological polar surface area (TPSA) is 186 Å². The normalized spacial score (nSPS) is 31.5. The maximum atomic E-state index is 14.7. The average Bonchev–Trinajstić information content (AvgIpc) is 3.99. The number of aromatic nitrogens is 2. The molecule has 5 aliphatic rings. The van der Waals surface area contributed by atoms with E-state index < -0.39 is 92.3 Å². The summed E-state index contributed by atoms with van der Waals surface area (Å²) in [4.78, 5) is 66.8. The van der Waals surface area contributed by atoms with Gasteiger partial charge in [0.25, 0.3) is 5.91 Å². The predicted octanol–water partition coefficient (Wildman–Crippen LogP) is 4.93. The maximum absolute atomic E-state index is 14.7. The van der Waals surface area contributed by atoms with Crippen LogP contribution in [0.5, 0.6) is 5.88 Å². The first-order valence-corrected chi connectivity index (χ1v) is 21.8. The molecule has 4 fully saturated rings. The molecule has 1 aromatic carbocycles. The highest BCUT2D eigenvalue weighted by Gasteiger charge is 2.67. The van der Waals surface area contributed by atoms with Crippen molar-refractivity contribution in [3.05, 3.63) is 29.7 Å². The molecule has 18 heteroatoms. The second kappa shape index (κ2) is 15.4. The zero-order chi connectivity index (χ0) is 41.9. The largest absolute Gasteiger partial charge is 0.471 e. The van der Waals surface area contributed by atoms with Crippen LogP contribution in [0.2, 0.25) is 0 Å². The average molecular weight is 835 g/mol. The van der Waals surface area contributed by atoms with Gasteiger partial charge in [0.05, 0.1) is 28.2 Å². The molecule has 8 atom stereocenters. The van der Waals surface area contributed by atoms with Crippen LogP contribution >= 0.6 is 0 Å². The van der Waals surface area contributed by atoms with Crippen molar-refractivity contribution in [2.45, 2.75) is 146 Å². The van der Waals surface area contributed by atoms with Crippen molar-refractivity contribution >= 4 is 44.9 Å². The number of sulfonamides is 1. The predicted molar refractivity (Wildman–Crippen MR) is 204 cm³/mol. The Morgan fingerprint density at radius 1 is 1.03 bits per heavy atom. The molecule has 7 rings (SSSR count). The Balaban J connectivity index is 1.23. The van der Waals surface area contributed by atoms with E-state index in [1.165, 1.54) is 30.0 Å². The van der Waals surface area contributed by atoms with E-state index in [1.807, 2.05) is 4.72 Å². The number of alkyl halides is 2. The summed E-state index contributed by atoms with van der Waals surface area (Å²) in [6, 6.07) is 1.38. The van der Waals surface area contributed by atoms with Crippen LogP contribution in [-0.2, 0) is 35.6 Å². The molecule has 3 N–H and O–H groups in total. The molecule has 3 aliphatic carbocycles. The lowest BCUT2D eigenvalue weighted by molar-refractivity contribution is -0.143. The van der Waals surface area contributed by atoms with Gasteiger partial charge in [0.2, 0.25) is 34.1 Å². The molecule has 0 unspecified atom stereocenters. The first-order chi connectivity index (χ1) is 27.2. The van der Waals surface area contributed by atoms with Gasteiger partial charge in [0.1, 0.15) is 41.3 Å². The van der Waals surface area contributed by atoms with Gasteiger partial charge < -0.3 is 25.0 Å². The summed E-state index contributed by atoms with van der Waals surface area (Å²) in [6.45, 7) is 8.54. The van der Waals surface area contributed by atoms with Gasteiger partial charge in [-0.25, -0.2) is 36.4 Å². The maximum Gasteiger partial charge on any atom is 0.408 e. The Hall–Kier alpha value is -4.22. The number of fused-ring (bicyclic) bond motifs is 5. The Morgan fingerprint density at radius 3 is 2.45 bits per heavy atom. The summed E-state index contributed by atoms with van der Waals surface area (Å²) < 4.78 is 81.9. The number of amides is 4. The second-order valence-corrected chi connectivity index (χ2v) is 20.5. The minimum absolute atomic E-state index is 0.0887. The molecule has 318 valence electrons. The summed E-state index contributed by atoms with van der Waals surface area (Å²) in [7, 11) is -4.25. The van der Waals surface area contributed by atoms with Gasteiger partial charge in [0, 0.05) is 12.5 Å². The third kappa shape index (κ3) is 8.31. The molecule has 4 amide bonds. The molecule has 14 nitrogen and oxygen atoms in total. The molecule has 2 bridgehead atoms. The molecule has 2 aliphatic heterocycles. The van der Waals surface area contributed by atoms with E-state index in [0.717, 1.165) is 25.7 Å². The first kappa shape index (κ1) is 41.9. The minimum Gasteiger partial charge on any atom is -0.471 e. The summed E-state index contributed by atoms with van der Waals surface area (Å²) in [6.07, 6.45) is -0.0654. The molecular weight excluding hydrogens is 782 g/mol. The van der Waals surface area contributed by atoms with Crippen molar-refractivity contribution < 1.29 is 50.2 Å². The lowest BCUT2D eigenvalue weighted by Gasteiger charge is -2.35. The molecular formula is C40H53F3N6O8S. The van der Waals surface area contributed by atoms with Gasteiger partial charge in [-0.05, 0) is 87.7 Å². The second-order valence-electron chi connectivity index (χ2n) is 18.3. The highest BCUT2D eigenvalue weighted by atomic mass is 32.2. The fraction of sp³-hybridized carbons (Fsp3) is 0.700. The van der Waals surface area contributed by atoms with Crippen LogP contribution in [0, 0.1) is 29.0 Å². The summed E-state index contributed by atoms with van der Waals surface area (Å²) in [5.74, 6) is -4.65. The molecule has 58 heavy (non-hydrogen) atoms. The molecule has 3 saturated carbocycles. The Kier molecular flexibility index (Phi) is 11.1. The smallest absolute Gasteiger partial charge is 0.408 e. The van der Waals surface area contributed by atoms with E-state index >= 15 is 0 Å². The van der Waals surface area contributed by atoms with Crippen molar-refractivity contribution in [2.24, 2.45) is 23.2 Å². The van der Waals surface area contributed by atoms with Crippen LogP contribution in [0.3, 0.4) is 0 Å². The van der Waals surface area contributed by atoms with E-state index in [-0.39, 0.29) is 49.2 Å². The van der Waals surface area contributed by atoms with Crippen molar-refractivity contribution in [3.63, 3.8) is 0 Å². The standard InChI is InChI=1S/C40H53F3N6O8S/c1-21-11-14-30-24(21)9-7-6-8-10-27-34(45-28-17-22(41)12-13-26(28)44-27)56-23-18-29(49(20-23)35(51)31(38(2,3)4)46-37(53)57-30)33(50)47-40(19-25(40)32(42)43)36(52)48-58(54,55)39(5)15-16-39/h12-13,17,21,23-25,29-32H,6-11,14-16,18-20H2,1-5H3,(H,46,53)(H,47,50)(H,48,52)/t21-,23+,24+,25-,29-,30+,31+,40+/m0/s1. The fourth-order valence-corrected chi connectivity index (χ4v) is 10.1. The molecule has 2 aromatic rings. The van der Waals surface area contributed by atoms with Crippen LogP contribution in [-0.4, -0.2) is 94.6 Å². The molecule has 0 spiro atoms. The lowest BCUT2D eigenvalue weighted by atomic mass is 9.85. The highest BCUT2D eigenvalue weighted by Crippen LogP contribution is 2.49. The van der Waals surface area contributed by atoms with Crippen LogP contribution in [0.4, 0.5) is 18.0 Å². The molecule has 0 radical (unpaired) electrons. The SMILES string of the molecule is C[C@H]1CC[C@H]2OC(=O)N[C@@H](C(C)(C)C)C(=O)N3C[C@@H](C[C@H]3C(=O)N[C@]3(C(=O)NS(=O)(=O)C4(C)CC4)C[C@H]3C(F)F)Oc3nc4cc(F)ccc4nc3CCCCC[C@H]12. The van der Waals surface area contributed by atoms with E-state index in [1.54, 1.807) is 20.8 Å². The van der Waals surface area contributed by atoms with Gasteiger partial charge in [0.15, 0.2) is 0 Å². The Morgan fingerprint density at radius 2 is 1.78 bits per heavy atom. The van der Waals surface area contributed by atoms with Crippen molar-refractivity contribution in [1.82, 2.24) is 30.2 Å². The van der Waals surface area contributed by atoms with Gasteiger partial charge in [-0.15, -0.1) is 0 Å². The summed E-state index contributed by atoms with van der Waals surface area (Å²) in [5.41, 5.74) is -2.00. The number of alkyl carbamates (subject to hydrolysis) is 1. The zero-order valence-corrected chi connectivity index (χ0v) is 34.3. The third-order valence-electron chi connectivity index (χ3n) is 12.9. The van der Waals surface area contributed by atoms with Crippen LogP contribution in [0.15, 0.2) is 18.2 Å². The number of hydrogen-bond acceptors (Lipinski definition) is 10. The molecule has 1 aromatic heterocycles. The number of aryl methyl sites for hydroxylation is 1. The number of ether oxygens (including phenoxy) is 2. The number of nitrogens with one attached hydrogen (secondary N) is 3. The fourth-order valence-electron chi connectivity index (χ4n) is 8.77. The quantitative estimate of drug-likeness (QED) is 0.361.